The lowest BCUT2D eigenvalue weighted by molar-refractivity contribution is 0.632. The Balaban J connectivity index is 1.29. The third-order valence-electron chi connectivity index (χ3n) is 11.9. The molecule has 0 saturated heterocycles. The number of anilines is 3. The Kier molecular flexibility index (Phi) is 5.69. The van der Waals surface area contributed by atoms with Crippen LogP contribution < -0.4 is 4.90 Å². The first-order valence-corrected chi connectivity index (χ1v) is 17.6. The highest BCUT2D eigenvalue weighted by atomic mass is 15.2. The Labute approximate surface area is 278 Å². The largest absolute Gasteiger partial charge is 0.310 e. The van der Waals surface area contributed by atoms with Gasteiger partial charge in [-0.1, -0.05) is 117 Å². The third-order valence-corrected chi connectivity index (χ3v) is 11.9. The van der Waals surface area contributed by atoms with Crippen molar-refractivity contribution in [2.45, 2.75) is 63.2 Å². The van der Waals surface area contributed by atoms with Gasteiger partial charge in [-0.2, -0.15) is 0 Å². The SMILES string of the molecule is CC1(C)c2ccccc2N(c2ccc3c(c2)C2(C4=C(CCC=C4)C4=C2C=CCC4)c2cccc(C4=CCCC=C4)c2-3)c2ccccc21. The van der Waals surface area contributed by atoms with Gasteiger partial charge in [0.15, 0.2) is 0 Å². The number of hydrogen-bond donors (Lipinski definition) is 0. The van der Waals surface area contributed by atoms with Gasteiger partial charge in [0, 0.05) is 11.1 Å². The summed E-state index contributed by atoms with van der Waals surface area (Å²) in [5.41, 5.74) is 20.8. The fourth-order valence-electron chi connectivity index (χ4n) is 9.88. The predicted molar refractivity (Wildman–Crippen MR) is 197 cm³/mol. The Morgan fingerprint density at radius 3 is 1.85 bits per heavy atom. The summed E-state index contributed by atoms with van der Waals surface area (Å²) in [6, 6.07) is 32.6. The van der Waals surface area contributed by atoms with Crippen LogP contribution in [0.15, 0.2) is 150 Å². The third kappa shape index (κ3) is 3.50. The van der Waals surface area contributed by atoms with Gasteiger partial charge in [0.2, 0.25) is 0 Å². The van der Waals surface area contributed by atoms with E-state index in [1.165, 1.54) is 72.7 Å². The topological polar surface area (TPSA) is 3.24 Å². The van der Waals surface area contributed by atoms with E-state index in [1.54, 1.807) is 11.1 Å². The second kappa shape index (κ2) is 9.81. The maximum Gasteiger partial charge on any atom is 0.0719 e. The molecule has 1 heterocycles. The van der Waals surface area contributed by atoms with Crippen LogP contribution in [-0.2, 0) is 10.8 Å². The second-order valence-corrected chi connectivity index (χ2v) is 14.5. The van der Waals surface area contributed by atoms with Crippen LogP contribution in [0.2, 0.25) is 0 Å². The van der Waals surface area contributed by atoms with Gasteiger partial charge in [-0.05, 0) is 130 Å². The highest BCUT2D eigenvalue weighted by molar-refractivity contribution is 5.99. The molecule has 228 valence electrons. The van der Waals surface area contributed by atoms with Gasteiger partial charge in [0.25, 0.3) is 0 Å². The molecule has 0 N–H and O–H groups in total. The molecule has 0 aromatic heterocycles. The molecule has 1 aliphatic heterocycles. The second-order valence-electron chi connectivity index (χ2n) is 14.5. The zero-order valence-electron chi connectivity index (χ0n) is 27.3. The van der Waals surface area contributed by atoms with Crippen molar-refractivity contribution in [3.05, 3.63) is 178 Å². The van der Waals surface area contributed by atoms with Crippen molar-refractivity contribution in [1.29, 1.82) is 0 Å². The number of fused-ring (bicyclic) bond motifs is 10. The number of nitrogens with zero attached hydrogens (tertiary/aromatic N) is 1. The highest BCUT2D eigenvalue weighted by Crippen LogP contribution is 2.66. The maximum absolute atomic E-state index is 2.57. The minimum Gasteiger partial charge on any atom is -0.310 e. The first kappa shape index (κ1) is 27.3. The smallest absolute Gasteiger partial charge is 0.0719 e. The molecule has 0 unspecified atom stereocenters. The van der Waals surface area contributed by atoms with E-state index >= 15 is 0 Å². The molecule has 0 bridgehead atoms. The molecule has 4 aromatic rings. The van der Waals surface area contributed by atoms with Crippen LogP contribution in [0.3, 0.4) is 0 Å². The molecular weight excluding hydrogens is 567 g/mol. The number of para-hydroxylation sites is 2. The van der Waals surface area contributed by atoms with Crippen LogP contribution in [-0.4, -0.2) is 0 Å². The van der Waals surface area contributed by atoms with Crippen LogP contribution in [0.25, 0.3) is 16.7 Å². The van der Waals surface area contributed by atoms with Gasteiger partial charge in [-0.3, -0.25) is 0 Å². The van der Waals surface area contributed by atoms with E-state index in [1.807, 2.05) is 0 Å². The van der Waals surface area contributed by atoms with E-state index in [2.05, 4.69) is 146 Å². The summed E-state index contributed by atoms with van der Waals surface area (Å²) < 4.78 is 0. The fourth-order valence-corrected chi connectivity index (χ4v) is 9.88. The first-order valence-electron chi connectivity index (χ1n) is 17.6. The van der Waals surface area contributed by atoms with Gasteiger partial charge >= 0.3 is 0 Å². The van der Waals surface area contributed by atoms with Gasteiger partial charge in [-0.25, -0.2) is 0 Å². The minimum absolute atomic E-state index is 0.0846. The molecule has 4 aromatic carbocycles. The lowest BCUT2D eigenvalue weighted by Gasteiger charge is -2.42. The number of rotatable bonds is 2. The van der Waals surface area contributed by atoms with Gasteiger partial charge < -0.3 is 4.90 Å². The predicted octanol–water partition coefficient (Wildman–Crippen LogP) is 12.1. The van der Waals surface area contributed by atoms with Crippen molar-refractivity contribution in [2.24, 2.45) is 0 Å². The Bertz CT molecular complexity index is 2140. The normalized spacial score (nSPS) is 20.5. The molecular formula is C46H39N. The van der Waals surface area contributed by atoms with Gasteiger partial charge in [0.1, 0.15) is 0 Å². The zero-order chi connectivity index (χ0) is 31.3. The molecule has 0 atom stereocenters. The molecule has 47 heavy (non-hydrogen) atoms. The molecule has 0 amide bonds. The van der Waals surface area contributed by atoms with Crippen LogP contribution in [0, 0.1) is 0 Å². The first-order chi connectivity index (χ1) is 23.1. The molecule has 6 aliphatic rings. The summed E-state index contributed by atoms with van der Waals surface area (Å²) in [6.07, 6.45) is 23.8. The molecule has 0 radical (unpaired) electrons. The van der Waals surface area contributed by atoms with Crippen molar-refractivity contribution in [3.63, 3.8) is 0 Å². The van der Waals surface area contributed by atoms with Crippen molar-refractivity contribution >= 4 is 22.6 Å². The van der Waals surface area contributed by atoms with Crippen molar-refractivity contribution < 1.29 is 0 Å². The van der Waals surface area contributed by atoms with E-state index in [-0.39, 0.29) is 10.8 Å². The van der Waals surface area contributed by atoms with E-state index in [9.17, 15) is 0 Å². The van der Waals surface area contributed by atoms with Crippen LogP contribution >= 0.6 is 0 Å². The number of allylic oxidation sites excluding steroid dienone is 12. The molecule has 5 aliphatic carbocycles. The monoisotopic (exact) mass is 605 g/mol. The summed E-state index contributed by atoms with van der Waals surface area (Å²) >= 11 is 0. The lowest BCUT2D eigenvalue weighted by atomic mass is 9.67. The van der Waals surface area contributed by atoms with Gasteiger partial charge in [-0.15, -0.1) is 0 Å². The summed E-state index contributed by atoms with van der Waals surface area (Å²) in [6.45, 7) is 4.75. The summed E-state index contributed by atoms with van der Waals surface area (Å²) in [4.78, 5) is 2.53. The highest BCUT2D eigenvalue weighted by Gasteiger charge is 2.54. The summed E-state index contributed by atoms with van der Waals surface area (Å²) in [5.74, 6) is 0. The van der Waals surface area contributed by atoms with Crippen LogP contribution in [0.5, 0.6) is 0 Å². The summed E-state index contributed by atoms with van der Waals surface area (Å²) in [5, 5.41) is 0. The Morgan fingerprint density at radius 1 is 0.553 bits per heavy atom. The number of hydrogen-bond acceptors (Lipinski definition) is 1. The minimum atomic E-state index is -0.303. The van der Waals surface area contributed by atoms with E-state index in [0.29, 0.717) is 0 Å². The molecule has 1 heteroatoms. The molecule has 1 nitrogen and oxygen atoms in total. The zero-order valence-corrected chi connectivity index (χ0v) is 27.3. The Morgan fingerprint density at radius 2 is 1.19 bits per heavy atom. The number of benzene rings is 4. The molecule has 10 rings (SSSR count). The quantitative estimate of drug-likeness (QED) is 0.220. The molecule has 1 spiro atoms. The average Bonchev–Trinajstić information content (AvgIpc) is 3.59. The van der Waals surface area contributed by atoms with Crippen LogP contribution in [0.4, 0.5) is 17.1 Å². The summed E-state index contributed by atoms with van der Waals surface area (Å²) in [7, 11) is 0. The maximum atomic E-state index is 2.57. The average molecular weight is 606 g/mol. The van der Waals surface area contributed by atoms with E-state index < -0.39 is 0 Å². The van der Waals surface area contributed by atoms with Gasteiger partial charge in [0.05, 0.1) is 16.8 Å². The Hall–Kier alpha value is -4.88. The van der Waals surface area contributed by atoms with E-state index in [4.69, 9.17) is 0 Å². The van der Waals surface area contributed by atoms with Crippen molar-refractivity contribution in [1.82, 2.24) is 0 Å². The standard InChI is InChI=1S/C46H39N/c1-45(2)38-22-10-12-25-42(38)47(43-26-13-11-23-39(43)45)31-27-28-35-41(29-31)46(36-20-8-6-17-33(36)34-18-7-9-21-37(34)46)40-24-14-19-32(44(35)40)30-15-4-3-5-16-30/h4,8-16,19-29H,3,5-7,17-18H2,1-2H3. The van der Waals surface area contributed by atoms with Crippen molar-refractivity contribution in [3.8, 4) is 11.1 Å². The van der Waals surface area contributed by atoms with E-state index in [0.717, 1.165) is 38.5 Å². The lowest BCUT2D eigenvalue weighted by Crippen LogP contribution is -2.31. The van der Waals surface area contributed by atoms with Crippen LogP contribution in [0.1, 0.15) is 80.2 Å². The molecule has 0 saturated carbocycles. The van der Waals surface area contributed by atoms with Crippen molar-refractivity contribution in [2.75, 3.05) is 4.90 Å². The molecule has 0 fully saturated rings. The fraction of sp³-hybridized carbons (Fsp3) is 0.217.